The molecule has 1 aliphatic heterocycles. The summed E-state index contributed by atoms with van der Waals surface area (Å²) in [6.45, 7) is 1.84. The molecule has 110 valence electrons. The summed E-state index contributed by atoms with van der Waals surface area (Å²) in [4.78, 5) is 4.35. The zero-order valence-electron chi connectivity index (χ0n) is 11.8. The number of nitrogens with zero attached hydrogens (tertiary/aromatic N) is 2. The first-order valence-electron chi connectivity index (χ1n) is 6.75. The lowest BCUT2D eigenvalue weighted by Gasteiger charge is -2.17. The minimum absolute atomic E-state index is 0.311. The quantitative estimate of drug-likeness (QED) is 0.930. The molecule has 0 fully saturated rings. The van der Waals surface area contributed by atoms with Gasteiger partial charge in [0.05, 0.1) is 4.90 Å². The van der Waals surface area contributed by atoms with Gasteiger partial charge in [-0.1, -0.05) is 12.1 Å². The normalized spacial score (nSPS) is 14.4. The molecule has 21 heavy (non-hydrogen) atoms. The van der Waals surface area contributed by atoms with Crippen molar-refractivity contribution in [1.29, 1.82) is 0 Å². The van der Waals surface area contributed by atoms with E-state index in [2.05, 4.69) is 10.3 Å². The Morgan fingerprint density at radius 2 is 2.05 bits per heavy atom. The fourth-order valence-electron chi connectivity index (χ4n) is 2.45. The van der Waals surface area contributed by atoms with E-state index in [1.165, 1.54) is 9.87 Å². The summed E-state index contributed by atoms with van der Waals surface area (Å²) in [5, 5.41) is 3.22. The maximum Gasteiger partial charge on any atom is 0.243 e. The van der Waals surface area contributed by atoms with Gasteiger partial charge < -0.3 is 5.32 Å². The first-order valence-corrected chi connectivity index (χ1v) is 8.19. The van der Waals surface area contributed by atoms with E-state index in [1.54, 1.807) is 37.6 Å². The van der Waals surface area contributed by atoms with Gasteiger partial charge >= 0.3 is 0 Å². The van der Waals surface area contributed by atoms with Crippen LogP contribution in [0.2, 0.25) is 0 Å². The van der Waals surface area contributed by atoms with E-state index in [-0.39, 0.29) is 0 Å². The van der Waals surface area contributed by atoms with E-state index in [9.17, 15) is 8.42 Å². The van der Waals surface area contributed by atoms with Crippen molar-refractivity contribution in [3.05, 3.63) is 59.4 Å². The summed E-state index contributed by atoms with van der Waals surface area (Å²) >= 11 is 0. The fourth-order valence-corrected chi connectivity index (χ4v) is 3.66. The molecule has 3 rings (SSSR count). The Morgan fingerprint density at radius 3 is 2.81 bits per heavy atom. The summed E-state index contributed by atoms with van der Waals surface area (Å²) in [6, 6.07) is 9.01. The van der Waals surface area contributed by atoms with Crippen molar-refractivity contribution in [3.8, 4) is 0 Å². The molecule has 2 aromatic rings. The van der Waals surface area contributed by atoms with Crippen molar-refractivity contribution in [2.75, 3.05) is 7.05 Å². The lowest BCUT2D eigenvalue weighted by molar-refractivity contribution is 0.466. The maximum absolute atomic E-state index is 12.6. The first-order chi connectivity index (χ1) is 10.1. The minimum atomic E-state index is -3.48. The third-order valence-corrected chi connectivity index (χ3v) is 5.44. The van der Waals surface area contributed by atoms with E-state index in [0.29, 0.717) is 11.4 Å². The van der Waals surface area contributed by atoms with Gasteiger partial charge in [0, 0.05) is 39.1 Å². The fraction of sp³-hybridized carbons (Fsp3) is 0.267. The van der Waals surface area contributed by atoms with E-state index in [1.807, 2.05) is 12.1 Å². The highest BCUT2D eigenvalue weighted by molar-refractivity contribution is 7.89. The molecule has 2 heterocycles. The molecule has 0 bridgehead atoms. The number of sulfonamides is 1. The SMILES string of the molecule is CN(Cc1cccnc1)S(=O)(=O)c1ccc2c(c1)CNC2. The van der Waals surface area contributed by atoms with Crippen LogP contribution in [0.15, 0.2) is 47.6 Å². The summed E-state index contributed by atoms with van der Waals surface area (Å²) < 4.78 is 26.6. The molecule has 0 saturated carbocycles. The van der Waals surface area contributed by atoms with Gasteiger partial charge in [0.2, 0.25) is 10.0 Å². The highest BCUT2D eigenvalue weighted by Gasteiger charge is 2.23. The maximum atomic E-state index is 12.6. The van der Waals surface area contributed by atoms with Crippen molar-refractivity contribution in [3.63, 3.8) is 0 Å². The number of benzene rings is 1. The van der Waals surface area contributed by atoms with E-state index in [4.69, 9.17) is 0 Å². The van der Waals surface area contributed by atoms with Gasteiger partial charge in [-0.2, -0.15) is 4.31 Å². The molecule has 1 aromatic carbocycles. The average Bonchev–Trinajstić information content (AvgIpc) is 2.95. The van der Waals surface area contributed by atoms with Crippen LogP contribution in [0, 0.1) is 0 Å². The van der Waals surface area contributed by atoms with E-state index < -0.39 is 10.0 Å². The van der Waals surface area contributed by atoms with Crippen molar-refractivity contribution in [2.24, 2.45) is 0 Å². The summed E-state index contributed by atoms with van der Waals surface area (Å²) in [5.74, 6) is 0. The predicted octanol–water partition coefficient (Wildman–Crippen LogP) is 1.51. The molecule has 0 aliphatic carbocycles. The van der Waals surface area contributed by atoms with Crippen LogP contribution in [-0.4, -0.2) is 24.8 Å². The topological polar surface area (TPSA) is 62.3 Å². The lowest BCUT2D eigenvalue weighted by atomic mass is 10.1. The third kappa shape index (κ3) is 2.83. The highest BCUT2D eigenvalue weighted by Crippen LogP contribution is 2.22. The van der Waals surface area contributed by atoms with Crippen LogP contribution >= 0.6 is 0 Å². The number of fused-ring (bicyclic) bond motifs is 1. The minimum Gasteiger partial charge on any atom is -0.309 e. The Labute approximate surface area is 124 Å². The molecule has 0 radical (unpaired) electrons. The van der Waals surface area contributed by atoms with Gasteiger partial charge in [-0.25, -0.2) is 8.42 Å². The summed E-state index contributed by atoms with van der Waals surface area (Å²) in [7, 11) is -1.89. The van der Waals surface area contributed by atoms with Crippen LogP contribution in [0.4, 0.5) is 0 Å². The molecule has 0 atom stereocenters. The highest BCUT2D eigenvalue weighted by atomic mass is 32.2. The largest absolute Gasteiger partial charge is 0.309 e. The average molecular weight is 303 g/mol. The molecule has 0 amide bonds. The number of hydrogen-bond donors (Lipinski definition) is 1. The zero-order valence-corrected chi connectivity index (χ0v) is 12.6. The Balaban J connectivity index is 1.86. The molecule has 0 spiro atoms. The smallest absolute Gasteiger partial charge is 0.243 e. The van der Waals surface area contributed by atoms with E-state index >= 15 is 0 Å². The van der Waals surface area contributed by atoms with Gasteiger partial charge in [-0.15, -0.1) is 0 Å². The molecule has 1 aromatic heterocycles. The Bertz CT molecular complexity index is 745. The third-order valence-electron chi connectivity index (χ3n) is 3.64. The molecule has 0 unspecified atom stereocenters. The van der Waals surface area contributed by atoms with Crippen LogP contribution < -0.4 is 5.32 Å². The zero-order chi connectivity index (χ0) is 14.9. The molecular formula is C15H17N3O2S. The molecule has 1 N–H and O–H groups in total. The van der Waals surface area contributed by atoms with Crippen molar-refractivity contribution in [2.45, 2.75) is 24.5 Å². The Morgan fingerprint density at radius 1 is 1.24 bits per heavy atom. The Kier molecular flexibility index (Phi) is 3.75. The van der Waals surface area contributed by atoms with E-state index in [0.717, 1.165) is 24.2 Å². The predicted molar refractivity (Wildman–Crippen MR) is 79.9 cm³/mol. The van der Waals surface area contributed by atoms with Gasteiger partial charge in [-0.05, 0) is 34.9 Å². The summed E-state index contributed by atoms with van der Waals surface area (Å²) in [6.07, 6.45) is 3.35. The lowest BCUT2D eigenvalue weighted by Crippen LogP contribution is -2.26. The number of hydrogen-bond acceptors (Lipinski definition) is 4. The standard InChI is InChI=1S/C15H17N3O2S/c1-18(11-12-3-2-6-16-8-12)21(19,20)15-5-4-13-9-17-10-14(13)7-15/h2-8,17H,9-11H2,1H3. The van der Waals surface area contributed by atoms with Gasteiger partial charge in [0.15, 0.2) is 0 Å². The first kappa shape index (κ1) is 14.2. The van der Waals surface area contributed by atoms with Gasteiger partial charge in [0.25, 0.3) is 0 Å². The molecule has 1 aliphatic rings. The van der Waals surface area contributed by atoms with Crippen LogP contribution in [-0.2, 0) is 29.7 Å². The second kappa shape index (κ2) is 5.55. The molecule has 5 nitrogen and oxygen atoms in total. The van der Waals surface area contributed by atoms with Crippen LogP contribution in [0.5, 0.6) is 0 Å². The number of nitrogens with one attached hydrogen (secondary N) is 1. The number of aromatic nitrogens is 1. The van der Waals surface area contributed by atoms with Crippen molar-refractivity contribution >= 4 is 10.0 Å². The molecule has 0 saturated heterocycles. The van der Waals surface area contributed by atoms with Gasteiger partial charge in [0.1, 0.15) is 0 Å². The Hall–Kier alpha value is -1.76. The molecular weight excluding hydrogens is 286 g/mol. The number of rotatable bonds is 4. The van der Waals surface area contributed by atoms with Crippen molar-refractivity contribution < 1.29 is 8.42 Å². The van der Waals surface area contributed by atoms with Crippen LogP contribution in [0.25, 0.3) is 0 Å². The second-order valence-electron chi connectivity index (χ2n) is 5.16. The summed E-state index contributed by atoms with van der Waals surface area (Å²) in [5.41, 5.74) is 3.10. The number of pyridine rings is 1. The van der Waals surface area contributed by atoms with Crippen LogP contribution in [0.3, 0.4) is 0 Å². The molecule has 6 heteroatoms. The van der Waals surface area contributed by atoms with Gasteiger partial charge in [-0.3, -0.25) is 4.98 Å². The monoisotopic (exact) mass is 303 g/mol. The van der Waals surface area contributed by atoms with Crippen molar-refractivity contribution in [1.82, 2.24) is 14.6 Å². The second-order valence-corrected chi connectivity index (χ2v) is 7.20. The van der Waals surface area contributed by atoms with Crippen LogP contribution in [0.1, 0.15) is 16.7 Å².